The number of hydrogen-bond donors (Lipinski definition) is 0. The Balaban J connectivity index is 2.00. The van der Waals surface area contributed by atoms with Crippen molar-refractivity contribution >= 4 is 5.97 Å². The molecule has 206 valence electrons. The molecule has 1 unspecified atom stereocenters. The van der Waals surface area contributed by atoms with E-state index in [1.807, 2.05) is 56.3 Å². The lowest BCUT2D eigenvalue weighted by Crippen LogP contribution is -2.50. The Labute approximate surface area is 230 Å². The van der Waals surface area contributed by atoms with Gasteiger partial charge in [-0.1, -0.05) is 78.9 Å². The predicted octanol–water partition coefficient (Wildman–Crippen LogP) is 6.66. The minimum Gasteiger partial charge on any atom is -0.463 e. The molecule has 0 aromatic heterocycles. The number of likely N-dealkylation sites (N-methyl/N-ethyl adjacent to an activating group) is 1. The monoisotopic (exact) mass is 520 g/mol. The summed E-state index contributed by atoms with van der Waals surface area (Å²) in [6, 6.07) is 20.6. The molecule has 0 saturated heterocycles. The molecular weight excluding hydrogens is 474 g/mol. The summed E-state index contributed by atoms with van der Waals surface area (Å²) in [5.41, 5.74) is 5.30. The van der Waals surface area contributed by atoms with Gasteiger partial charge in [-0.3, -0.25) is 0 Å². The first-order valence-electron chi connectivity index (χ1n) is 13.5. The van der Waals surface area contributed by atoms with Crippen molar-refractivity contribution in [3.8, 4) is 0 Å². The molecule has 0 heterocycles. The summed E-state index contributed by atoms with van der Waals surface area (Å²) >= 11 is 0. The van der Waals surface area contributed by atoms with Gasteiger partial charge in [-0.15, -0.1) is 0 Å². The Morgan fingerprint density at radius 3 is 2.08 bits per heavy atom. The Hall–Kier alpha value is -2.99. The van der Waals surface area contributed by atoms with Crippen LogP contribution in [-0.4, -0.2) is 57.0 Å². The maximum atomic E-state index is 12.1. The zero-order chi connectivity index (χ0) is 27.8. The topological polar surface area (TPSA) is 44.8 Å². The molecule has 0 aliphatic heterocycles. The van der Waals surface area contributed by atoms with Gasteiger partial charge < -0.3 is 18.7 Å². The average Bonchev–Trinajstić information content (AvgIpc) is 2.91. The Morgan fingerprint density at radius 1 is 0.921 bits per heavy atom. The third-order valence-corrected chi connectivity index (χ3v) is 6.65. The zero-order valence-corrected chi connectivity index (χ0v) is 23.9. The van der Waals surface area contributed by atoms with Gasteiger partial charge in [-0.05, 0) is 44.4 Å². The van der Waals surface area contributed by atoms with Crippen LogP contribution in [0.4, 0.5) is 0 Å². The summed E-state index contributed by atoms with van der Waals surface area (Å²) in [4.78, 5) is 12.1. The lowest BCUT2D eigenvalue weighted by molar-refractivity contribution is -0.904. The summed E-state index contributed by atoms with van der Waals surface area (Å²) in [7, 11) is 4.37. The fraction of sp³-hybridized carbons (Fsp3) is 0.424. The number of carbonyl (C=O) groups excluding carboxylic acids is 1. The third-order valence-electron chi connectivity index (χ3n) is 6.65. The third kappa shape index (κ3) is 11.6. The fourth-order valence-electron chi connectivity index (χ4n) is 4.26. The summed E-state index contributed by atoms with van der Waals surface area (Å²) in [6.45, 7) is 13.5. The summed E-state index contributed by atoms with van der Waals surface area (Å²) in [5.74, 6) is -0.261. The van der Waals surface area contributed by atoms with Crippen molar-refractivity contribution in [2.24, 2.45) is 0 Å². The number of allylic oxidation sites excluding steroid dienone is 1. The van der Waals surface area contributed by atoms with E-state index in [-0.39, 0.29) is 12.0 Å². The molecule has 5 heteroatoms. The van der Waals surface area contributed by atoms with Crippen molar-refractivity contribution in [3.63, 3.8) is 0 Å². The number of hydrogen-bond acceptors (Lipinski definition) is 4. The van der Waals surface area contributed by atoms with Crippen LogP contribution >= 0.6 is 0 Å². The van der Waals surface area contributed by atoms with Gasteiger partial charge in [0.2, 0.25) is 0 Å². The van der Waals surface area contributed by atoms with E-state index < -0.39 is 0 Å². The number of ether oxygens (including phenoxy) is 3. The maximum absolute atomic E-state index is 12.1. The second-order valence-electron chi connectivity index (χ2n) is 10.3. The molecule has 38 heavy (non-hydrogen) atoms. The first-order chi connectivity index (χ1) is 18.2. The number of rotatable bonds is 17. The van der Waals surface area contributed by atoms with Crippen molar-refractivity contribution in [1.82, 2.24) is 0 Å². The molecule has 0 spiro atoms. The summed E-state index contributed by atoms with van der Waals surface area (Å²) in [5, 5.41) is 0. The van der Waals surface area contributed by atoms with Gasteiger partial charge in [0.25, 0.3) is 0 Å². The number of carbonyl (C=O) groups is 1. The molecule has 1 atom stereocenters. The lowest BCUT2D eigenvalue weighted by atomic mass is 9.97. The molecule has 0 fully saturated rings. The molecule has 2 aromatic rings. The van der Waals surface area contributed by atoms with Crippen molar-refractivity contribution in [2.45, 2.75) is 52.9 Å². The largest absolute Gasteiger partial charge is 0.463 e. The fourth-order valence-corrected chi connectivity index (χ4v) is 4.26. The van der Waals surface area contributed by atoms with E-state index in [2.05, 4.69) is 57.9 Å². The van der Waals surface area contributed by atoms with Gasteiger partial charge >= 0.3 is 5.97 Å². The second kappa shape index (κ2) is 16.8. The lowest BCUT2D eigenvalue weighted by Gasteiger charge is -2.39. The van der Waals surface area contributed by atoms with E-state index in [0.717, 1.165) is 24.0 Å². The SMILES string of the molecule is C=C(COCc1ccccc1)C(CC/C(C)=C/COCc1ccccc1)[N+](C)(C)C/C=C(\C)C(=O)OCC. The predicted molar refractivity (Wildman–Crippen MR) is 155 cm³/mol. The van der Waals surface area contributed by atoms with E-state index in [1.54, 1.807) is 0 Å². The number of benzene rings is 2. The van der Waals surface area contributed by atoms with E-state index in [4.69, 9.17) is 14.2 Å². The van der Waals surface area contributed by atoms with E-state index >= 15 is 0 Å². The minimum atomic E-state index is -0.261. The van der Waals surface area contributed by atoms with Crippen LogP contribution in [0.2, 0.25) is 0 Å². The smallest absolute Gasteiger partial charge is 0.333 e. The Morgan fingerprint density at radius 2 is 1.50 bits per heavy atom. The highest BCUT2D eigenvalue weighted by Crippen LogP contribution is 2.23. The van der Waals surface area contributed by atoms with E-state index in [9.17, 15) is 4.79 Å². The first-order valence-corrected chi connectivity index (χ1v) is 13.5. The first kappa shape index (κ1) is 31.2. The van der Waals surface area contributed by atoms with Crippen LogP contribution in [0.1, 0.15) is 44.7 Å². The molecule has 0 N–H and O–H groups in total. The standard InChI is InChI=1S/C33H46NO4/c1-7-38-33(35)28(3)20-22-34(5,6)32(29(4)24-37-26-31-16-12-9-13-17-31)19-18-27(2)21-23-36-25-30-14-10-8-11-15-30/h8-17,20-21,32H,4,7,18-19,22-26H2,1-3,5-6H3/q+1/b27-21+,28-20+. The maximum Gasteiger partial charge on any atom is 0.333 e. The van der Waals surface area contributed by atoms with Gasteiger partial charge in [-0.2, -0.15) is 0 Å². The van der Waals surface area contributed by atoms with E-state index in [0.29, 0.717) is 49.6 Å². The van der Waals surface area contributed by atoms with Crippen molar-refractivity contribution < 1.29 is 23.5 Å². The minimum absolute atomic E-state index is 0.158. The molecule has 0 amide bonds. The van der Waals surface area contributed by atoms with Crippen LogP contribution in [0.3, 0.4) is 0 Å². The van der Waals surface area contributed by atoms with Gasteiger partial charge in [0.15, 0.2) is 0 Å². The molecule has 0 radical (unpaired) electrons. The number of quaternary nitrogens is 1. The highest BCUT2D eigenvalue weighted by molar-refractivity contribution is 5.87. The molecule has 0 aliphatic carbocycles. The second-order valence-corrected chi connectivity index (χ2v) is 10.3. The average molecular weight is 521 g/mol. The van der Waals surface area contributed by atoms with E-state index in [1.165, 1.54) is 11.1 Å². The van der Waals surface area contributed by atoms with Crippen LogP contribution in [0.5, 0.6) is 0 Å². The summed E-state index contributed by atoms with van der Waals surface area (Å²) in [6.07, 6.45) is 6.00. The highest BCUT2D eigenvalue weighted by Gasteiger charge is 2.30. The molecule has 0 bridgehead atoms. The van der Waals surface area contributed by atoms with Gasteiger partial charge in [-0.25, -0.2) is 4.79 Å². The van der Waals surface area contributed by atoms with Crippen LogP contribution in [0, 0.1) is 0 Å². The van der Waals surface area contributed by atoms with Crippen LogP contribution in [-0.2, 0) is 32.2 Å². The van der Waals surface area contributed by atoms with Gasteiger partial charge in [0.1, 0.15) is 6.04 Å². The molecule has 5 nitrogen and oxygen atoms in total. The quantitative estimate of drug-likeness (QED) is 0.0769. The van der Waals surface area contributed by atoms with Crippen LogP contribution in [0.15, 0.2) is 96.1 Å². The molecular formula is C33H46NO4+. The van der Waals surface area contributed by atoms with Crippen molar-refractivity contribution in [1.29, 1.82) is 0 Å². The van der Waals surface area contributed by atoms with Gasteiger partial charge in [0.05, 0.1) is 53.7 Å². The molecule has 0 aliphatic rings. The van der Waals surface area contributed by atoms with Gasteiger partial charge in [0, 0.05) is 17.6 Å². The van der Waals surface area contributed by atoms with Crippen molar-refractivity contribution in [2.75, 3.05) is 40.5 Å². The number of nitrogens with zero attached hydrogens (tertiary/aromatic N) is 1. The van der Waals surface area contributed by atoms with Crippen LogP contribution in [0.25, 0.3) is 0 Å². The van der Waals surface area contributed by atoms with Crippen LogP contribution < -0.4 is 0 Å². The zero-order valence-electron chi connectivity index (χ0n) is 23.9. The Bertz CT molecular complexity index is 1040. The highest BCUT2D eigenvalue weighted by atomic mass is 16.5. The van der Waals surface area contributed by atoms with Crippen molar-refractivity contribution in [3.05, 3.63) is 107 Å². The number of esters is 1. The summed E-state index contributed by atoms with van der Waals surface area (Å²) < 4.78 is 17.7. The normalized spacial score (nSPS) is 13.3. The Kier molecular flexibility index (Phi) is 13.8. The molecule has 0 saturated carbocycles. The molecule has 2 rings (SSSR count). The molecule has 2 aromatic carbocycles.